The van der Waals surface area contributed by atoms with Crippen molar-refractivity contribution in [1.29, 1.82) is 0 Å². The summed E-state index contributed by atoms with van der Waals surface area (Å²) in [5.41, 5.74) is 1.54. The molecule has 22 heavy (non-hydrogen) atoms. The van der Waals surface area contributed by atoms with E-state index in [0.29, 0.717) is 30.3 Å². The first-order valence-corrected chi connectivity index (χ1v) is 8.18. The number of ether oxygens (including phenoxy) is 2. The van der Waals surface area contributed by atoms with Crippen molar-refractivity contribution in [3.05, 3.63) is 39.8 Å². The van der Waals surface area contributed by atoms with E-state index in [0.717, 1.165) is 17.1 Å². The molecule has 1 amide bonds. The first-order chi connectivity index (χ1) is 10.7. The molecule has 1 N–H and O–H groups in total. The lowest BCUT2D eigenvalue weighted by atomic mass is 10.1. The highest BCUT2D eigenvalue weighted by molar-refractivity contribution is 7.09. The van der Waals surface area contributed by atoms with Crippen LogP contribution in [0.5, 0.6) is 11.5 Å². The predicted molar refractivity (Wildman–Crippen MR) is 84.8 cm³/mol. The molecule has 5 nitrogen and oxygen atoms in total. The minimum Gasteiger partial charge on any atom is -0.486 e. The van der Waals surface area contributed by atoms with Gasteiger partial charge in [0.1, 0.15) is 18.2 Å². The van der Waals surface area contributed by atoms with Crippen molar-refractivity contribution in [2.75, 3.05) is 13.2 Å². The molecule has 0 aliphatic carbocycles. The Bertz CT molecular complexity index is 684. The molecule has 3 rings (SSSR count). The lowest BCUT2D eigenvalue weighted by molar-refractivity contribution is 0.0934. The van der Waals surface area contributed by atoms with E-state index in [1.165, 1.54) is 0 Å². The molecule has 2 aromatic rings. The number of carbonyl (C=O) groups is 1. The molecule has 6 heteroatoms. The number of nitrogens with zero attached hydrogens (tertiary/aromatic N) is 1. The van der Waals surface area contributed by atoms with Crippen LogP contribution in [0.3, 0.4) is 0 Å². The van der Waals surface area contributed by atoms with E-state index in [4.69, 9.17) is 9.47 Å². The van der Waals surface area contributed by atoms with Gasteiger partial charge in [0.05, 0.1) is 6.04 Å². The highest BCUT2D eigenvalue weighted by Gasteiger charge is 2.19. The third-order valence-electron chi connectivity index (χ3n) is 3.45. The van der Waals surface area contributed by atoms with Gasteiger partial charge in [-0.2, -0.15) is 0 Å². The fourth-order valence-corrected chi connectivity index (χ4v) is 3.23. The number of hydrogen-bond acceptors (Lipinski definition) is 5. The molecule has 0 saturated carbocycles. The summed E-state index contributed by atoms with van der Waals surface area (Å²) >= 11 is 1.57. The molecular weight excluding hydrogens is 300 g/mol. The first-order valence-electron chi connectivity index (χ1n) is 7.30. The van der Waals surface area contributed by atoms with E-state index in [2.05, 4.69) is 10.3 Å². The van der Waals surface area contributed by atoms with E-state index >= 15 is 0 Å². The van der Waals surface area contributed by atoms with Gasteiger partial charge in [-0.15, -0.1) is 11.3 Å². The van der Waals surface area contributed by atoms with Crippen LogP contribution in [0.15, 0.2) is 23.6 Å². The number of carbonyl (C=O) groups excluding carboxylic acids is 1. The topological polar surface area (TPSA) is 60.5 Å². The average molecular weight is 318 g/mol. The minimum absolute atomic E-state index is 0.0700. The van der Waals surface area contributed by atoms with Crippen molar-refractivity contribution in [3.8, 4) is 11.5 Å². The average Bonchev–Trinajstić information content (AvgIpc) is 2.98. The number of benzene rings is 1. The van der Waals surface area contributed by atoms with Crippen LogP contribution in [0.2, 0.25) is 0 Å². The first kappa shape index (κ1) is 14.8. The lowest BCUT2D eigenvalue weighted by Crippen LogP contribution is -2.28. The molecule has 0 saturated heterocycles. The summed E-state index contributed by atoms with van der Waals surface area (Å²) in [6.45, 7) is 5.04. The predicted octanol–water partition coefficient (Wildman–Crippen LogP) is 3.10. The third kappa shape index (κ3) is 3.06. The molecule has 0 spiro atoms. The van der Waals surface area contributed by atoms with Gasteiger partial charge in [-0.25, -0.2) is 4.98 Å². The molecule has 1 aliphatic heterocycles. The quantitative estimate of drug-likeness (QED) is 0.941. The number of amides is 1. The molecule has 0 radical (unpaired) electrons. The van der Waals surface area contributed by atoms with Crippen LogP contribution in [-0.4, -0.2) is 24.1 Å². The van der Waals surface area contributed by atoms with Crippen LogP contribution in [0.4, 0.5) is 0 Å². The van der Waals surface area contributed by atoms with Crippen LogP contribution >= 0.6 is 11.3 Å². The minimum atomic E-state index is -0.128. The third-order valence-corrected chi connectivity index (χ3v) is 4.53. The lowest BCUT2D eigenvalue weighted by Gasteiger charge is -2.19. The summed E-state index contributed by atoms with van der Waals surface area (Å²) in [6, 6.07) is 5.18. The number of aryl methyl sites for hydroxylation is 1. The maximum Gasteiger partial charge on any atom is 0.251 e. The number of hydrogen-bond donors (Lipinski definition) is 1. The number of thiazole rings is 1. The largest absolute Gasteiger partial charge is 0.486 e. The van der Waals surface area contributed by atoms with Crippen LogP contribution in [-0.2, 0) is 0 Å². The molecule has 1 atom stereocenters. The number of rotatable bonds is 4. The van der Waals surface area contributed by atoms with Gasteiger partial charge in [-0.3, -0.25) is 4.79 Å². The zero-order valence-electron chi connectivity index (χ0n) is 12.6. The van der Waals surface area contributed by atoms with Gasteiger partial charge in [-0.05, 0) is 31.5 Å². The summed E-state index contributed by atoms with van der Waals surface area (Å²) in [4.78, 5) is 16.9. The normalized spacial score (nSPS) is 14.5. The second-order valence-corrected chi connectivity index (χ2v) is 6.01. The summed E-state index contributed by atoms with van der Waals surface area (Å²) in [5.74, 6) is 1.18. The van der Waals surface area contributed by atoms with E-state index in [9.17, 15) is 4.79 Å². The van der Waals surface area contributed by atoms with Gasteiger partial charge in [0, 0.05) is 16.6 Å². The van der Waals surface area contributed by atoms with Crippen molar-refractivity contribution in [3.63, 3.8) is 0 Å². The van der Waals surface area contributed by atoms with Crippen LogP contribution in [0.1, 0.15) is 40.4 Å². The van der Waals surface area contributed by atoms with Crippen molar-refractivity contribution >= 4 is 17.2 Å². The Morgan fingerprint density at radius 1 is 1.36 bits per heavy atom. The highest BCUT2D eigenvalue weighted by Crippen LogP contribution is 2.31. The summed E-state index contributed by atoms with van der Waals surface area (Å²) in [6.07, 6.45) is 0.795. The molecule has 0 fully saturated rings. The monoisotopic (exact) mass is 318 g/mol. The fraction of sp³-hybridized carbons (Fsp3) is 0.375. The van der Waals surface area contributed by atoms with Crippen molar-refractivity contribution in [1.82, 2.24) is 10.3 Å². The number of nitrogens with one attached hydrogen (secondary N) is 1. The summed E-state index contributed by atoms with van der Waals surface area (Å²) in [7, 11) is 0. The molecule has 116 valence electrons. The van der Waals surface area contributed by atoms with Gasteiger partial charge >= 0.3 is 0 Å². The van der Waals surface area contributed by atoms with Gasteiger partial charge in [0.2, 0.25) is 0 Å². The smallest absolute Gasteiger partial charge is 0.251 e. The Morgan fingerprint density at radius 3 is 2.82 bits per heavy atom. The van der Waals surface area contributed by atoms with Gasteiger partial charge < -0.3 is 14.8 Å². The molecular formula is C16H18N2O3S. The Labute approximate surface area is 133 Å². The zero-order chi connectivity index (χ0) is 15.5. The molecule has 1 aliphatic rings. The fourth-order valence-electron chi connectivity index (χ4n) is 2.30. The van der Waals surface area contributed by atoms with Gasteiger partial charge in [0.25, 0.3) is 5.91 Å². The molecule has 1 aromatic carbocycles. The van der Waals surface area contributed by atoms with Crippen molar-refractivity contribution in [2.45, 2.75) is 26.3 Å². The maximum absolute atomic E-state index is 12.4. The zero-order valence-corrected chi connectivity index (χ0v) is 13.4. The van der Waals surface area contributed by atoms with Crippen LogP contribution < -0.4 is 14.8 Å². The van der Waals surface area contributed by atoms with Crippen molar-refractivity contribution in [2.24, 2.45) is 0 Å². The second kappa shape index (κ2) is 6.36. The molecule has 1 aromatic heterocycles. The second-order valence-electron chi connectivity index (χ2n) is 5.12. The van der Waals surface area contributed by atoms with Crippen LogP contribution in [0, 0.1) is 6.92 Å². The standard InChI is InChI=1S/C16H18N2O3S/c1-3-12(16-17-10(2)9-22-16)18-15(19)11-4-5-13-14(8-11)21-7-6-20-13/h4-5,8-9,12H,3,6-7H2,1-2H3,(H,18,19). The van der Waals surface area contributed by atoms with E-state index < -0.39 is 0 Å². The SMILES string of the molecule is CCC(NC(=O)c1ccc2c(c1)OCCO2)c1nc(C)cs1. The van der Waals surface area contributed by atoms with E-state index in [1.807, 2.05) is 19.2 Å². The Morgan fingerprint density at radius 2 is 2.14 bits per heavy atom. The maximum atomic E-state index is 12.4. The summed E-state index contributed by atoms with van der Waals surface area (Å²) < 4.78 is 11.0. The van der Waals surface area contributed by atoms with Crippen LogP contribution in [0.25, 0.3) is 0 Å². The molecule has 0 bridgehead atoms. The van der Waals surface area contributed by atoms with Gasteiger partial charge in [-0.1, -0.05) is 6.92 Å². The highest BCUT2D eigenvalue weighted by atomic mass is 32.1. The van der Waals surface area contributed by atoms with E-state index in [1.54, 1.807) is 29.5 Å². The molecule has 2 heterocycles. The molecule has 1 unspecified atom stereocenters. The van der Waals surface area contributed by atoms with E-state index in [-0.39, 0.29) is 11.9 Å². The number of fused-ring (bicyclic) bond motifs is 1. The van der Waals surface area contributed by atoms with Gasteiger partial charge in [0.15, 0.2) is 11.5 Å². The van der Waals surface area contributed by atoms with Crippen molar-refractivity contribution < 1.29 is 14.3 Å². The Kier molecular flexibility index (Phi) is 4.29. The Balaban J connectivity index is 1.75. The Hall–Kier alpha value is -2.08. The summed E-state index contributed by atoms with van der Waals surface area (Å²) in [5, 5.41) is 5.96. The number of aromatic nitrogens is 1.